The van der Waals surface area contributed by atoms with Gasteiger partial charge in [-0.2, -0.15) is 4.31 Å². The molecule has 1 fully saturated rings. The first kappa shape index (κ1) is 24.4. The highest BCUT2D eigenvalue weighted by Gasteiger charge is 2.33. The molecule has 0 unspecified atom stereocenters. The summed E-state index contributed by atoms with van der Waals surface area (Å²) in [5.41, 5.74) is 0.318. The molecule has 33 heavy (non-hydrogen) atoms. The minimum Gasteiger partial charge on any atom is -0.494 e. The second-order valence-corrected chi connectivity index (χ2v) is 9.37. The number of carbonyl (C=O) groups excluding carboxylic acids is 3. The molecule has 3 rings (SSSR count). The Bertz CT molecular complexity index is 1080. The molecule has 0 bridgehead atoms. The maximum absolute atomic E-state index is 12.9. The second kappa shape index (κ2) is 11.1. The largest absolute Gasteiger partial charge is 0.494 e. The van der Waals surface area contributed by atoms with E-state index < -0.39 is 40.3 Å². The van der Waals surface area contributed by atoms with Crippen LogP contribution in [0.3, 0.4) is 0 Å². The molecule has 176 valence electrons. The van der Waals surface area contributed by atoms with Crippen molar-refractivity contribution in [3.8, 4) is 5.75 Å². The van der Waals surface area contributed by atoms with E-state index in [-0.39, 0.29) is 30.8 Å². The Kier molecular flexibility index (Phi) is 8.18. The number of piperidine rings is 1. The van der Waals surface area contributed by atoms with Crippen LogP contribution in [0.15, 0.2) is 59.5 Å². The number of ether oxygens (including phenoxy) is 2. The van der Waals surface area contributed by atoms with E-state index >= 15 is 0 Å². The number of esters is 1. The number of nitrogens with one attached hydrogen (secondary N) is 1. The van der Waals surface area contributed by atoms with Crippen molar-refractivity contribution in [2.45, 2.75) is 24.7 Å². The first-order valence-electron chi connectivity index (χ1n) is 10.6. The Morgan fingerprint density at radius 2 is 1.64 bits per heavy atom. The van der Waals surface area contributed by atoms with Crippen LogP contribution in [0.5, 0.6) is 5.75 Å². The quantitative estimate of drug-likeness (QED) is 0.581. The molecule has 2 amide bonds. The number of benzene rings is 2. The molecule has 1 N–H and O–H groups in total. The molecule has 9 nitrogen and oxygen atoms in total. The van der Waals surface area contributed by atoms with Gasteiger partial charge in [-0.25, -0.2) is 8.42 Å². The third-order valence-corrected chi connectivity index (χ3v) is 7.11. The molecule has 10 heteroatoms. The summed E-state index contributed by atoms with van der Waals surface area (Å²) < 4.78 is 37.4. The highest BCUT2D eigenvalue weighted by molar-refractivity contribution is 7.89. The van der Waals surface area contributed by atoms with Crippen LogP contribution in [-0.4, -0.2) is 56.8 Å². The summed E-state index contributed by atoms with van der Waals surface area (Å²) in [6.45, 7) is 2.07. The van der Waals surface area contributed by atoms with Crippen molar-refractivity contribution < 1.29 is 32.3 Å². The molecule has 1 heterocycles. The van der Waals surface area contributed by atoms with Crippen LogP contribution in [-0.2, 0) is 24.3 Å². The summed E-state index contributed by atoms with van der Waals surface area (Å²) in [6, 6.07) is 14.4. The van der Waals surface area contributed by atoms with E-state index in [1.807, 2.05) is 6.92 Å². The lowest BCUT2D eigenvalue weighted by molar-refractivity contribution is -0.153. The molecule has 0 aliphatic carbocycles. The Balaban J connectivity index is 1.46. The van der Waals surface area contributed by atoms with Crippen molar-refractivity contribution in [2.75, 3.05) is 26.3 Å². The molecule has 2 aromatic rings. The summed E-state index contributed by atoms with van der Waals surface area (Å²) in [7, 11) is -3.68. The summed E-state index contributed by atoms with van der Waals surface area (Å²) in [5, 5.41) is 2.16. The van der Waals surface area contributed by atoms with Gasteiger partial charge in [0.1, 0.15) is 5.75 Å². The van der Waals surface area contributed by atoms with Gasteiger partial charge in [-0.3, -0.25) is 19.7 Å². The number of rotatable bonds is 8. The Morgan fingerprint density at radius 1 is 1.00 bits per heavy atom. The van der Waals surface area contributed by atoms with Gasteiger partial charge in [0, 0.05) is 18.7 Å². The first-order chi connectivity index (χ1) is 15.8. The summed E-state index contributed by atoms with van der Waals surface area (Å²) in [6.07, 6.45) is 0.555. The van der Waals surface area contributed by atoms with E-state index in [0.29, 0.717) is 17.9 Å². The standard InChI is InChI=1S/C23H26N2O7S/c1-2-31-19-8-10-20(11-9-19)33(29,30)25-14-12-18(13-15-25)23(28)32-16-21(26)24-22(27)17-6-4-3-5-7-17/h3-11,18H,2,12-16H2,1H3,(H,24,26,27). The highest BCUT2D eigenvalue weighted by atomic mass is 32.2. The van der Waals surface area contributed by atoms with E-state index in [4.69, 9.17) is 9.47 Å². The number of carbonyl (C=O) groups is 3. The Hall–Kier alpha value is -3.24. The van der Waals surface area contributed by atoms with Crippen molar-refractivity contribution in [1.29, 1.82) is 0 Å². The van der Waals surface area contributed by atoms with Crippen molar-refractivity contribution in [3.05, 3.63) is 60.2 Å². The SMILES string of the molecule is CCOc1ccc(S(=O)(=O)N2CCC(C(=O)OCC(=O)NC(=O)c3ccccc3)CC2)cc1. The molecule has 2 aromatic carbocycles. The zero-order valence-corrected chi connectivity index (χ0v) is 19.0. The Morgan fingerprint density at radius 3 is 2.24 bits per heavy atom. The monoisotopic (exact) mass is 474 g/mol. The molecule has 1 aliphatic rings. The number of sulfonamides is 1. The third-order valence-electron chi connectivity index (χ3n) is 5.19. The van der Waals surface area contributed by atoms with Crippen LogP contribution in [0.25, 0.3) is 0 Å². The van der Waals surface area contributed by atoms with Gasteiger partial charge in [0.25, 0.3) is 11.8 Å². The fourth-order valence-electron chi connectivity index (χ4n) is 3.43. The van der Waals surface area contributed by atoms with Gasteiger partial charge in [0.2, 0.25) is 10.0 Å². The van der Waals surface area contributed by atoms with Crippen LogP contribution >= 0.6 is 0 Å². The summed E-state index contributed by atoms with van der Waals surface area (Å²) in [5.74, 6) is -1.82. The predicted octanol–water partition coefficient (Wildman–Crippen LogP) is 1.99. The van der Waals surface area contributed by atoms with E-state index in [2.05, 4.69) is 5.32 Å². The molecule has 0 radical (unpaired) electrons. The number of hydrogen-bond donors (Lipinski definition) is 1. The zero-order valence-electron chi connectivity index (χ0n) is 18.2. The van der Waals surface area contributed by atoms with Gasteiger partial charge in [-0.15, -0.1) is 0 Å². The van der Waals surface area contributed by atoms with Crippen molar-refractivity contribution >= 4 is 27.8 Å². The third kappa shape index (κ3) is 6.39. The van der Waals surface area contributed by atoms with E-state index in [9.17, 15) is 22.8 Å². The van der Waals surface area contributed by atoms with Crippen LogP contribution in [0.4, 0.5) is 0 Å². The number of hydrogen-bond acceptors (Lipinski definition) is 7. The van der Waals surface area contributed by atoms with Gasteiger partial charge >= 0.3 is 5.97 Å². The number of nitrogens with zero attached hydrogens (tertiary/aromatic N) is 1. The van der Waals surface area contributed by atoms with E-state index in [1.54, 1.807) is 42.5 Å². The molecule has 1 saturated heterocycles. The summed E-state index contributed by atoms with van der Waals surface area (Å²) >= 11 is 0. The van der Waals surface area contributed by atoms with E-state index in [0.717, 1.165) is 0 Å². The van der Waals surface area contributed by atoms with Crippen LogP contribution < -0.4 is 10.1 Å². The van der Waals surface area contributed by atoms with Crippen molar-refractivity contribution in [1.82, 2.24) is 9.62 Å². The van der Waals surface area contributed by atoms with E-state index in [1.165, 1.54) is 16.4 Å². The van der Waals surface area contributed by atoms with Crippen molar-refractivity contribution in [2.24, 2.45) is 5.92 Å². The number of amides is 2. The fourth-order valence-corrected chi connectivity index (χ4v) is 4.90. The minimum atomic E-state index is -3.68. The van der Waals surface area contributed by atoms with Gasteiger partial charge < -0.3 is 9.47 Å². The lowest BCUT2D eigenvalue weighted by atomic mass is 9.98. The molecular weight excluding hydrogens is 448 g/mol. The topological polar surface area (TPSA) is 119 Å². The molecular formula is C23H26N2O7S. The zero-order chi connectivity index (χ0) is 23.8. The van der Waals surface area contributed by atoms with Crippen LogP contribution in [0, 0.1) is 5.92 Å². The van der Waals surface area contributed by atoms with Crippen LogP contribution in [0.1, 0.15) is 30.1 Å². The average molecular weight is 475 g/mol. The lowest BCUT2D eigenvalue weighted by Gasteiger charge is -2.30. The predicted molar refractivity (Wildman–Crippen MR) is 119 cm³/mol. The second-order valence-electron chi connectivity index (χ2n) is 7.43. The first-order valence-corrected chi connectivity index (χ1v) is 12.0. The van der Waals surface area contributed by atoms with Crippen LogP contribution in [0.2, 0.25) is 0 Å². The normalized spacial score (nSPS) is 14.9. The average Bonchev–Trinajstić information content (AvgIpc) is 2.83. The van der Waals surface area contributed by atoms with Gasteiger partial charge in [-0.05, 0) is 56.2 Å². The highest BCUT2D eigenvalue weighted by Crippen LogP contribution is 2.25. The fraction of sp³-hybridized carbons (Fsp3) is 0.348. The van der Waals surface area contributed by atoms with Gasteiger partial charge in [-0.1, -0.05) is 18.2 Å². The maximum Gasteiger partial charge on any atom is 0.309 e. The molecule has 0 spiro atoms. The molecule has 1 aliphatic heterocycles. The maximum atomic E-state index is 12.9. The van der Waals surface area contributed by atoms with Gasteiger partial charge in [0.15, 0.2) is 6.61 Å². The number of imide groups is 1. The lowest BCUT2D eigenvalue weighted by Crippen LogP contribution is -2.41. The summed E-state index contributed by atoms with van der Waals surface area (Å²) in [4.78, 5) is 36.3. The molecule has 0 saturated carbocycles. The molecule has 0 atom stereocenters. The smallest absolute Gasteiger partial charge is 0.309 e. The minimum absolute atomic E-state index is 0.159. The van der Waals surface area contributed by atoms with Crippen molar-refractivity contribution in [3.63, 3.8) is 0 Å². The van der Waals surface area contributed by atoms with Gasteiger partial charge in [0.05, 0.1) is 17.4 Å². The molecule has 0 aromatic heterocycles. The Labute approximate surface area is 192 Å².